The molecule has 94 valence electrons. The highest BCUT2D eigenvalue weighted by Gasteiger charge is 2.28. The van der Waals surface area contributed by atoms with Gasteiger partial charge >= 0.3 is 0 Å². The molecule has 2 N–H and O–H groups in total. The van der Waals surface area contributed by atoms with E-state index >= 15 is 0 Å². The van der Waals surface area contributed by atoms with E-state index in [2.05, 4.69) is 11.0 Å². The van der Waals surface area contributed by atoms with Crippen LogP contribution in [0.15, 0.2) is 24.3 Å². The highest BCUT2D eigenvalue weighted by molar-refractivity contribution is 6.30. The van der Waals surface area contributed by atoms with Gasteiger partial charge in [-0.3, -0.25) is 4.90 Å². The molecule has 4 heteroatoms. The van der Waals surface area contributed by atoms with Crippen molar-refractivity contribution in [3.8, 4) is 0 Å². The standard InChI is InChI=1S/C13H19ClN2O/c1-17-12-5-6-16(9-12)13(8-15)10-3-2-4-11(14)7-10/h2-4,7,12-13H,5-6,8-9,15H2,1H3. The fraction of sp³-hybridized carbons (Fsp3) is 0.538. The van der Waals surface area contributed by atoms with E-state index in [9.17, 15) is 0 Å². The molecule has 17 heavy (non-hydrogen) atoms. The monoisotopic (exact) mass is 254 g/mol. The van der Waals surface area contributed by atoms with Crippen LogP contribution in [0.2, 0.25) is 5.02 Å². The highest BCUT2D eigenvalue weighted by atomic mass is 35.5. The van der Waals surface area contributed by atoms with Crippen molar-refractivity contribution in [1.29, 1.82) is 0 Å². The third kappa shape index (κ3) is 2.99. The zero-order valence-corrected chi connectivity index (χ0v) is 10.9. The van der Waals surface area contributed by atoms with Gasteiger partial charge in [-0.1, -0.05) is 23.7 Å². The first-order chi connectivity index (χ1) is 8.24. The molecular formula is C13H19ClN2O. The first kappa shape index (κ1) is 12.8. The van der Waals surface area contributed by atoms with Gasteiger partial charge < -0.3 is 10.5 Å². The molecule has 1 fully saturated rings. The van der Waals surface area contributed by atoms with Crippen molar-refractivity contribution in [2.45, 2.75) is 18.6 Å². The van der Waals surface area contributed by atoms with Gasteiger partial charge in [-0.15, -0.1) is 0 Å². The number of nitrogens with two attached hydrogens (primary N) is 1. The van der Waals surface area contributed by atoms with Crippen LogP contribution in [-0.4, -0.2) is 37.7 Å². The molecule has 0 saturated carbocycles. The average Bonchev–Trinajstić information content (AvgIpc) is 2.79. The summed E-state index contributed by atoms with van der Waals surface area (Å²) in [6, 6.07) is 8.20. The van der Waals surface area contributed by atoms with Crippen molar-refractivity contribution in [1.82, 2.24) is 4.90 Å². The fourth-order valence-corrected chi connectivity index (χ4v) is 2.64. The Bertz CT molecular complexity index is 372. The van der Waals surface area contributed by atoms with Crippen molar-refractivity contribution in [3.63, 3.8) is 0 Å². The van der Waals surface area contributed by atoms with Gasteiger partial charge in [0.15, 0.2) is 0 Å². The molecule has 2 unspecified atom stereocenters. The van der Waals surface area contributed by atoms with Crippen LogP contribution in [0.4, 0.5) is 0 Å². The number of hydrogen-bond donors (Lipinski definition) is 1. The zero-order chi connectivity index (χ0) is 12.3. The van der Waals surface area contributed by atoms with Gasteiger partial charge in [0.2, 0.25) is 0 Å². The molecule has 1 aliphatic heterocycles. The molecular weight excluding hydrogens is 236 g/mol. The zero-order valence-electron chi connectivity index (χ0n) is 10.1. The lowest BCUT2D eigenvalue weighted by Gasteiger charge is -2.27. The molecule has 1 aromatic carbocycles. The van der Waals surface area contributed by atoms with Crippen molar-refractivity contribution in [3.05, 3.63) is 34.9 Å². The first-order valence-electron chi connectivity index (χ1n) is 5.97. The van der Waals surface area contributed by atoms with Crippen molar-refractivity contribution >= 4 is 11.6 Å². The lowest BCUT2D eigenvalue weighted by atomic mass is 10.1. The second kappa shape index (κ2) is 5.83. The van der Waals surface area contributed by atoms with Crippen LogP contribution in [0.25, 0.3) is 0 Å². The summed E-state index contributed by atoms with van der Waals surface area (Å²) < 4.78 is 5.39. The first-order valence-corrected chi connectivity index (χ1v) is 6.34. The maximum absolute atomic E-state index is 6.02. The molecule has 0 spiro atoms. The van der Waals surface area contributed by atoms with Crippen LogP contribution >= 0.6 is 11.6 Å². The Balaban J connectivity index is 2.11. The summed E-state index contributed by atoms with van der Waals surface area (Å²) in [6.07, 6.45) is 1.41. The van der Waals surface area contributed by atoms with Crippen LogP contribution in [0.3, 0.4) is 0 Å². The SMILES string of the molecule is COC1CCN(C(CN)c2cccc(Cl)c2)C1. The van der Waals surface area contributed by atoms with Crippen molar-refractivity contribution in [2.75, 3.05) is 26.7 Å². The minimum Gasteiger partial charge on any atom is -0.380 e. The largest absolute Gasteiger partial charge is 0.380 e. The lowest BCUT2D eigenvalue weighted by molar-refractivity contribution is 0.101. The summed E-state index contributed by atoms with van der Waals surface area (Å²) in [7, 11) is 1.77. The highest BCUT2D eigenvalue weighted by Crippen LogP contribution is 2.26. The molecule has 3 nitrogen and oxygen atoms in total. The number of rotatable bonds is 4. The molecule has 0 amide bonds. The summed E-state index contributed by atoms with van der Waals surface area (Å²) in [5.74, 6) is 0. The molecule has 0 aromatic heterocycles. The number of ether oxygens (including phenoxy) is 1. The second-order valence-corrected chi connectivity index (χ2v) is 4.88. The summed E-state index contributed by atoms with van der Waals surface area (Å²) in [5.41, 5.74) is 7.09. The maximum atomic E-state index is 6.02. The van der Waals surface area contributed by atoms with Gasteiger partial charge in [-0.2, -0.15) is 0 Å². The summed E-state index contributed by atoms with van der Waals surface area (Å²) in [5, 5.41) is 0.767. The molecule has 0 bridgehead atoms. The van der Waals surface area contributed by atoms with Crippen LogP contribution in [0.1, 0.15) is 18.0 Å². The van der Waals surface area contributed by atoms with E-state index in [0.29, 0.717) is 12.6 Å². The lowest BCUT2D eigenvalue weighted by Crippen LogP contribution is -2.32. The summed E-state index contributed by atoms with van der Waals surface area (Å²) in [4.78, 5) is 2.37. The van der Waals surface area contributed by atoms with Gasteiger partial charge in [0.1, 0.15) is 0 Å². The third-order valence-electron chi connectivity index (χ3n) is 3.41. The van der Waals surface area contributed by atoms with E-state index in [0.717, 1.165) is 24.5 Å². The Kier molecular flexibility index (Phi) is 4.40. The van der Waals surface area contributed by atoms with E-state index in [-0.39, 0.29) is 6.04 Å². The van der Waals surface area contributed by atoms with E-state index in [1.165, 1.54) is 5.56 Å². The van der Waals surface area contributed by atoms with E-state index in [4.69, 9.17) is 22.1 Å². The molecule has 0 aliphatic carbocycles. The number of nitrogens with zero attached hydrogens (tertiary/aromatic N) is 1. The minimum absolute atomic E-state index is 0.244. The smallest absolute Gasteiger partial charge is 0.0710 e. The van der Waals surface area contributed by atoms with Crippen molar-refractivity contribution < 1.29 is 4.74 Å². The number of benzene rings is 1. The maximum Gasteiger partial charge on any atom is 0.0710 e. The fourth-order valence-electron chi connectivity index (χ4n) is 2.44. The Morgan fingerprint density at radius 2 is 2.41 bits per heavy atom. The summed E-state index contributed by atoms with van der Waals surface area (Å²) in [6.45, 7) is 2.59. The predicted molar refractivity (Wildman–Crippen MR) is 70.2 cm³/mol. The van der Waals surface area contributed by atoms with Gasteiger partial charge in [0.05, 0.1) is 6.10 Å². The Morgan fingerprint density at radius 1 is 1.59 bits per heavy atom. The van der Waals surface area contributed by atoms with Gasteiger partial charge in [0.25, 0.3) is 0 Å². The Labute approximate surface area is 107 Å². The predicted octanol–water partition coefficient (Wildman–Crippen LogP) is 2.06. The third-order valence-corrected chi connectivity index (χ3v) is 3.64. The molecule has 2 rings (SSSR count). The molecule has 1 aliphatic rings. The Morgan fingerprint density at radius 3 is 3.00 bits per heavy atom. The van der Waals surface area contributed by atoms with Crippen LogP contribution in [0, 0.1) is 0 Å². The Hall–Kier alpha value is -0.610. The second-order valence-electron chi connectivity index (χ2n) is 4.45. The quantitative estimate of drug-likeness (QED) is 0.894. The number of likely N-dealkylation sites (tertiary alicyclic amines) is 1. The van der Waals surface area contributed by atoms with Crippen molar-refractivity contribution in [2.24, 2.45) is 5.73 Å². The molecule has 2 atom stereocenters. The van der Waals surface area contributed by atoms with Gasteiger partial charge in [0, 0.05) is 37.8 Å². The van der Waals surface area contributed by atoms with E-state index in [1.54, 1.807) is 7.11 Å². The molecule has 1 heterocycles. The van der Waals surface area contributed by atoms with Crippen LogP contribution in [0.5, 0.6) is 0 Å². The number of halogens is 1. The molecule has 1 saturated heterocycles. The van der Waals surface area contributed by atoms with Gasteiger partial charge in [-0.05, 0) is 24.1 Å². The normalized spacial score (nSPS) is 22.9. The van der Waals surface area contributed by atoms with Gasteiger partial charge in [-0.25, -0.2) is 0 Å². The van der Waals surface area contributed by atoms with E-state index in [1.807, 2.05) is 18.2 Å². The molecule has 0 radical (unpaired) electrons. The summed E-state index contributed by atoms with van der Waals surface area (Å²) >= 11 is 6.02. The topological polar surface area (TPSA) is 38.5 Å². The van der Waals surface area contributed by atoms with Crippen LogP contribution in [-0.2, 0) is 4.74 Å². The van der Waals surface area contributed by atoms with Crippen LogP contribution < -0.4 is 5.73 Å². The number of methoxy groups -OCH3 is 1. The minimum atomic E-state index is 0.244. The average molecular weight is 255 g/mol. The van der Waals surface area contributed by atoms with E-state index < -0.39 is 0 Å². The molecule has 1 aromatic rings. The number of hydrogen-bond acceptors (Lipinski definition) is 3.